The Hall–Kier alpha value is -4.43. The summed E-state index contributed by atoms with van der Waals surface area (Å²) in [7, 11) is 10.1. The minimum Gasteiger partial charge on any atom is -0.497 e. The molecule has 7 rings (SSSR count). The highest BCUT2D eigenvalue weighted by atomic mass is 127. The lowest BCUT2D eigenvalue weighted by atomic mass is 9.80. The van der Waals surface area contributed by atoms with E-state index in [1.165, 1.54) is 11.7 Å². The molecule has 0 aliphatic carbocycles. The van der Waals surface area contributed by atoms with Gasteiger partial charge in [0, 0.05) is 65.4 Å². The van der Waals surface area contributed by atoms with E-state index in [0.717, 1.165) is 59.0 Å². The summed E-state index contributed by atoms with van der Waals surface area (Å²) >= 11 is 2.23. The van der Waals surface area contributed by atoms with E-state index < -0.39 is 35.8 Å². The van der Waals surface area contributed by atoms with Crippen molar-refractivity contribution in [2.75, 3.05) is 55.7 Å². The van der Waals surface area contributed by atoms with Gasteiger partial charge < -0.3 is 48.5 Å². The third-order valence-electron chi connectivity index (χ3n) is 11.7. The second kappa shape index (κ2) is 23.7. The van der Waals surface area contributed by atoms with Crippen LogP contribution < -0.4 is 20.5 Å². The highest BCUT2D eigenvalue weighted by molar-refractivity contribution is 14.1. The monoisotopic (exact) mass is 997 g/mol. The Morgan fingerprint density at radius 3 is 2.02 bits per heavy atom. The number of likely N-dealkylation sites (tertiary alicyclic amines) is 1. The van der Waals surface area contributed by atoms with E-state index in [1.54, 1.807) is 41.5 Å². The van der Waals surface area contributed by atoms with Crippen LogP contribution in [0.25, 0.3) is 0 Å². The van der Waals surface area contributed by atoms with Crippen molar-refractivity contribution in [3.63, 3.8) is 0 Å². The Morgan fingerprint density at radius 1 is 0.922 bits per heavy atom. The fraction of sp³-hybridized carbons (Fsp3) is 0.500. The minimum atomic E-state index is -0.966. The van der Waals surface area contributed by atoms with Crippen molar-refractivity contribution < 1.29 is 43.1 Å². The second-order valence-corrected chi connectivity index (χ2v) is 16.7. The van der Waals surface area contributed by atoms with Gasteiger partial charge >= 0.3 is 5.69 Å². The van der Waals surface area contributed by atoms with Crippen LogP contribution in [0.5, 0.6) is 11.5 Å². The van der Waals surface area contributed by atoms with Gasteiger partial charge in [-0.3, -0.25) is 9.36 Å². The number of aryl methyl sites for hydroxylation is 1. The zero-order valence-corrected chi connectivity index (χ0v) is 40.7. The molecule has 0 radical (unpaired) electrons. The fourth-order valence-electron chi connectivity index (χ4n) is 8.25. The number of amidine groups is 1. The van der Waals surface area contributed by atoms with Crippen LogP contribution in [-0.4, -0.2) is 122 Å². The van der Waals surface area contributed by atoms with Gasteiger partial charge in [0.1, 0.15) is 39.3 Å². The van der Waals surface area contributed by atoms with Crippen molar-refractivity contribution in [3.05, 3.63) is 118 Å². The lowest BCUT2D eigenvalue weighted by Crippen LogP contribution is -2.39. The van der Waals surface area contributed by atoms with Crippen molar-refractivity contribution in [2.45, 2.75) is 93.4 Å². The molecule has 16 heteroatoms. The number of hydrogen-bond donors (Lipinski definition) is 2. The van der Waals surface area contributed by atoms with Crippen LogP contribution in [0.1, 0.15) is 68.5 Å². The molecule has 0 bridgehead atoms. The average Bonchev–Trinajstić information content (AvgIpc) is 3.97. The molecule has 8 unspecified atom stereocenters. The first-order chi connectivity index (χ1) is 30.9. The molecule has 8 atom stereocenters. The number of aliphatic imine (C=N–C) groups is 1. The molecule has 4 heterocycles. The topological polar surface area (TPSA) is 164 Å². The Morgan fingerprint density at radius 2 is 1.50 bits per heavy atom. The standard InChI is InChI=1S/C30H34INO6.C16H24N4O4.C2H6/c1-32-27(33)18-25-26(38-29(31)28(25)36-4)19-37-30(20-8-6-5-7-9-20,21-10-14-23(34-2)15-11-21)22-12-16-24(35-3)17-13-22;1-9-8-20(15-13(23-4)12(21)10(2)24-15)16(22)18-14(9)17-11-6-5-7-19(11)3;1-2/h5-17,25-26,28-29H,18-19H2,1-4H3,(H,32,33);8,10,12-13,15,21H,5-7H2,1-4H3;1-2H3. The lowest BCUT2D eigenvalue weighted by molar-refractivity contribution is -0.123. The summed E-state index contributed by atoms with van der Waals surface area (Å²) in [6, 6.07) is 25.9. The smallest absolute Gasteiger partial charge is 0.351 e. The summed E-state index contributed by atoms with van der Waals surface area (Å²) in [6.07, 6.45) is 0.810. The van der Waals surface area contributed by atoms with Gasteiger partial charge in [0.15, 0.2) is 12.0 Å². The van der Waals surface area contributed by atoms with Crippen LogP contribution in [0.4, 0.5) is 5.82 Å². The number of aliphatic hydroxyl groups is 1. The number of carbonyl (C=O) groups excluding carboxylic acids is 1. The zero-order chi connectivity index (χ0) is 46.6. The number of amides is 1. The van der Waals surface area contributed by atoms with Gasteiger partial charge in [0.2, 0.25) is 5.91 Å². The van der Waals surface area contributed by atoms with Crippen molar-refractivity contribution in [3.8, 4) is 11.5 Å². The molecule has 3 aliphatic heterocycles. The van der Waals surface area contributed by atoms with Gasteiger partial charge in [-0.1, -0.05) is 68.4 Å². The molecule has 0 spiro atoms. The number of halogens is 1. The zero-order valence-electron chi connectivity index (χ0n) is 38.5. The van der Waals surface area contributed by atoms with Crippen molar-refractivity contribution >= 4 is 40.2 Å². The molecular formula is C48H64IN5O10. The summed E-state index contributed by atoms with van der Waals surface area (Å²) in [5, 5.41) is 12.8. The lowest BCUT2D eigenvalue weighted by Gasteiger charge is -2.37. The van der Waals surface area contributed by atoms with Crippen molar-refractivity contribution in [1.29, 1.82) is 0 Å². The van der Waals surface area contributed by atoms with Crippen LogP contribution in [0.15, 0.2) is 94.8 Å². The van der Waals surface area contributed by atoms with Gasteiger partial charge in [0.05, 0.1) is 39.1 Å². The van der Waals surface area contributed by atoms with E-state index in [1.807, 2.05) is 94.5 Å². The maximum Gasteiger partial charge on any atom is 0.351 e. The molecule has 2 N–H and O–H groups in total. The molecule has 4 aromatic rings. The number of aliphatic hydroxyl groups excluding tert-OH is 1. The molecular weight excluding hydrogens is 933 g/mol. The third kappa shape index (κ3) is 11.3. The van der Waals surface area contributed by atoms with Crippen molar-refractivity contribution in [1.82, 2.24) is 19.8 Å². The van der Waals surface area contributed by atoms with E-state index >= 15 is 0 Å². The maximum absolute atomic E-state index is 12.5. The SMILES string of the molecule is CC.CNC(=O)CC1C(COC(c2ccccc2)(c2ccc(OC)cc2)c2ccc(OC)cc2)OC(I)C1OC.COC1C(O)C(C)OC1n1cc(C)c(N=C2CCCN2C)nc1=O. The molecule has 1 aromatic heterocycles. The highest BCUT2D eigenvalue weighted by Gasteiger charge is 2.47. The van der Waals surface area contributed by atoms with E-state index in [2.05, 4.69) is 54.9 Å². The molecule has 15 nitrogen and oxygen atoms in total. The highest BCUT2D eigenvalue weighted by Crippen LogP contribution is 2.44. The quantitative estimate of drug-likeness (QED) is 0.0796. The third-order valence-corrected chi connectivity index (χ3v) is 12.8. The summed E-state index contributed by atoms with van der Waals surface area (Å²) in [4.78, 5) is 35.6. The second-order valence-electron chi connectivity index (χ2n) is 15.5. The first-order valence-electron chi connectivity index (χ1n) is 21.6. The number of nitrogens with zero attached hydrogens (tertiary/aromatic N) is 4. The number of ether oxygens (including phenoxy) is 7. The Balaban J connectivity index is 0.000000254. The predicted molar refractivity (Wildman–Crippen MR) is 254 cm³/mol. The van der Waals surface area contributed by atoms with E-state index in [0.29, 0.717) is 5.82 Å². The molecule has 64 heavy (non-hydrogen) atoms. The minimum absolute atomic E-state index is 0.0595. The van der Waals surface area contributed by atoms with Crippen LogP contribution >= 0.6 is 22.6 Å². The average molecular weight is 998 g/mol. The molecule has 3 fully saturated rings. The van der Waals surface area contributed by atoms with Crippen LogP contribution in [0.2, 0.25) is 0 Å². The first kappa shape index (κ1) is 50.6. The van der Waals surface area contributed by atoms with Gasteiger partial charge in [-0.05, 0) is 83.8 Å². The number of aromatic nitrogens is 2. The molecule has 1 amide bonds. The van der Waals surface area contributed by atoms with Gasteiger partial charge in [0.25, 0.3) is 0 Å². The van der Waals surface area contributed by atoms with Gasteiger partial charge in [-0.25, -0.2) is 9.79 Å². The fourth-order valence-corrected chi connectivity index (χ4v) is 9.45. The number of hydrogen-bond acceptors (Lipinski definition) is 12. The molecule has 3 aromatic carbocycles. The van der Waals surface area contributed by atoms with Gasteiger partial charge in [-0.15, -0.1) is 0 Å². The van der Waals surface area contributed by atoms with Crippen molar-refractivity contribution in [2.24, 2.45) is 10.9 Å². The number of methoxy groups -OCH3 is 4. The molecule has 348 valence electrons. The van der Waals surface area contributed by atoms with Crippen LogP contribution in [0, 0.1) is 12.8 Å². The summed E-state index contributed by atoms with van der Waals surface area (Å²) in [5.41, 5.74) is 2.18. The first-order valence-corrected chi connectivity index (χ1v) is 22.9. The predicted octanol–water partition coefficient (Wildman–Crippen LogP) is 6.57. The Bertz CT molecular complexity index is 2130. The van der Waals surface area contributed by atoms with Gasteiger partial charge in [-0.2, -0.15) is 4.98 Å². The number of alkyl halides is 1. The molecule has 3 saturated heterocycles. The van der Waals surface area contributed by atoms with E-state index in [4.69, 9.17) is 33.2 Å². The largest absolute Gasteiger partial charge is 0.497 e. The normalized spacial score (nSPS) is 24.7. The Labute approximate surface area is 390 Å². The van der Waals surface area contributed by atoms with Crippen LogP contribution in [-0.2, 0) is 34.1 Å². The number of nitrogens with one attached hydrogen (secondary N) is 1. The van der Waals surface area contributed by atoms with E-state index in [9.17, 15) is 14.7 Å². The maximum atomic E-state index is 12.5. The Kier molecular flexibility index (Phi) is 18.7. The summed E-state index contributed by atoms with van der Waals surface area (Å²) < 4.78 is 42.1. The number of benzene rings is 3. The molecule has 0 saturated carbocycles. The summed E-state index contributed by atoms with van der Waals surface area (Å²) in [5.74, 6) is 2.66. The van der Waals surface area contributed by atoms with E-state index in [-0.39, 0.29) is 41.2 Å². The van der Waals surface area contributed by atoms with Crippen LogP contribution in [0.3, 0.4) is 0 Å². The number of carbonyl (C=O) groups is 1. The number of rotatable bonds is 14. The molecule has 3 aliphatic rings. The summed E-state index contributed by atoms with van der Waals surface area (Å²) in [6.45, 7) is 8.82.